The summed E-state index contributed by atoms with van der Waals surface area (Å²) in [5, 5.41) is 8.30. The van der Waals surface area contributed by atoms with Gasteiger partial charge in [-0.25, -0.2) is 4.39 Å². The summed E-state index contributed by atoms with van der Waals surface area (Å²) in [6, 6.07) is 5.99. The highest BCUT2D eigenvalue weighted by molar-refractivity contribution is 5.22. The highest BCUT2D eigenvalue weighted by atomic mass is 19.1. The number of rotatable bonds is 4. The first-order valence-electron chi connectivity index (χ1n) is 8.21. The molecule has 1 aromatic carbocycles. The zero-order valence-electron chi connectivity index (χ0n) is 14.5. The van der Waals surface area contributed by atoms with Crippen molar-refractivity contribution in [2.45, 2.75) is 52.2 Å². The van der Waals surface area contributed by atoms with Crippen LogP contribution in [0.15, 0.2) is 28.7 Å². The number of hydrogen-bond acceptors (Lipinski definition) is 5. The summed E-state index contributed by atoms with van der Waals surface area (Å²) in [5.74, 6) is 1.14. The second-order valence-electron chi connectivity index (χ2n) is 7.25. The van der Waals surface area contributed by atoms with Crippen LogP contribution in [0.4, 0.5) is 4.39 Å². The fourth-order valence-corrected chi connectivity index (χ4v) is 3.05. The highest BCUT2D eigenvalue weighted by Crippen LogP contribution is 2.40. The maximum absolute atomic E-state index is 13.2. The quantitative estimate of drug-likeness (QED) is 0.836. The Morgan fingerprint density at radius 1 is 1.29 bits per heavy atom. The molecule has 0 bridgehead atoms. The van der Waals surface area contributed by atoms with E-state index in [1.807, 2.05) is 0 Å². The Morgan fingerprint density at radius 2 is 2.08 bits per heavy atom. The second kappa shape index (κ2) is 6.51. The summed E-state index contributed by atoms with van der Waals surface area (Å²) < 4.78 is 30.6. The van der Waals surface area contributed by atoms with Gasteiger partial charge < -0.3 is 13.9 Å². The summed E-state index contributed by atoms with van der Waals surface area (Å²) in [6.45, 7) is 8.92. The van der Waals surface area contributed by atoms with Gasteiger partial charge in [-0.05, 0) is 30.9 Å². The standard InChI is InChI=1S/C18H23FN2O3/c1-11(23-13-7-5-6-12(19)10-13)16-20-21-17(24-16)14-8-9-22-15(14)18(2,3)4/h5-7,10-11,14-15H,8-9H2,1-4H3/t11-,14-,15-/m0/s1. The number of halogens is 1. The lowest BCUT2D eigenvalue weighted by Crippen LogP contribution is -2.30. The molecule has 1 aromatic heterocycles. The van der Waals surface area contributed by atoms with E-state index in [1.165, 1.54) is 12.1 Å². The van der Waals surface area contributed by atoms with Crippen molar-refractivity contribution in [1.82, 2.24) is 10.2 Å². The van der Waals surface area contributed by atoms with Crippen molar-refractivity contribution in [3.05, 3.63) is 41.9 Å². The lowest BCUT2D eigenvalue weighted by atomic mass is 9.81. The molecule has 5 nitrogen and oxygen atoms in total. The Kier molecular flexibility index (Phi) is 4.58. The molecule has 1 aliphatic rings. The average molecular weight is 334 g/mol. The largest absolute Gasteiger partial charge is 0.481 e. The molecule has 1 saturated heterocycles. The normalized spacial score (nSPS) is 22.5. The van der Waals surface area contributed by atoms with Crippen LogP contribution < -0.4 is 4.74 Å². The zero-order valence-corrected chi connectivity index (χ0v) is 14.5. The molecule has 3 rings (SSSR count). The monoisotopic (exact) mass is 334 g/mol. The van der Waals surface area contributed by atoms with Crippen molar-refractivity contribution >= 4 is 0 Å². The lowest BCUT2D eigenvalue weighted by Gasteiger charge is -2.29. The van der Waals surface area contributed by atoms with E-state index in [0.717, 1.165) is 6.42 Å². The topological polar surface area (TPSA) is 57.4 Å². The van der Waals surface area contributed by atoms with E-state index in [2.05, 4.69) is 31.0 Å². The van der Waals surface area contributed by atoms with Gasteiger partial charge in [0.15, 0.2) is 6.10 Å². The molecule has 1 aliphatic heterocycles. The summed E-state index contributed by atoms with van der Waals surface area (Å²) in [7, 11) is 0. The van der Waals surface area contributed by atoms with Crippen LogP contribution in [0.5, 0.6) is 5.75 Å². The van der Waals surface area contributed by atoms with E-state index >= 15 is 0 Å². The summed E-state index contributed by atoms with van der Waals surface area (Å²) in [4.78, 5) is 0. The fraction of sp³-hybridized carbons (Fsp3) is 0.556. The SMILES string of the molecule is C[C@H](Oc1cccc(F)c1)c1nnc([C@H]2CCO[C@@H]2C(C)(C)C)o1. The van der Waals surface area contributed by atoms with Gasteiger partial charge >= 0.3 is 0 Å². The molecule has 24 heavy (non-hydrogen) atoms. The zero-order chi connectivity index (χ0) is 17.3. The Morgan fingerprint density at radius 3 is 2.79 bits per heavy atom. The van der Waals surface area contributed by atoms with Gasteiger partial charge in [0.05, 0.1) is 12.0 Å². The number of benzene rings is 1. The molecule has 1 fully saturated rings. The van der Waals surface area contributed by atoms with E-state index in [0.29, 0.717) is 24.1 Å². The van der Waals surface area contributed by atoms with Crippen LogP contribution in [0.25, 0.3) is 0 Å². The molecule has 2 aromatic rings. The van der Waals surface area contributed by atoms with Crippen LogP contribution in [0.2, 0.25) is 0 Å². The van der Waals surface area contributed by atoms with Gasteiger partial charge in [-0.2, -0.15) is 0 Å². The van der Waals surface area contributed by atoms with E-state index in [-0.39, 0.29) is 23.3 Å². The van der Waals surface area contributed by atoms with Gasteiger partial charge in [0.2, 0.25) is 5.89 Å². The minimum absolute atomic E-state index is 0.000514. The number of ether oxygens (including phenoxy) is 2. The molecule has 0 aliphatic carbocycles. The number of hydrogen-bond donors (Lipinski definition) is 0. The summed E-state index contributed by atoms with van der Waals surface area (Å²) in [6.07, 6.45) is 0.455. The molecule has 0 saturated carbocycles. The van der Waals surface area contributed by atoms with Crippen molar-refractivity contribution in [2.24, 2.45) is 5.41 Å². The Hall–Kier alpha value is -1.95. The third-order valence-corrected chi connectivity index (χ3v) is 4.18. The second-order valence-corrected chi connectivity index (χ2v) is 7.25. The maximum atomic E-state index is 13.2. The van der Waals surface area contributed by atoms with Gasteiger partial charge in [-0.15, -0.1) is 10.2 Å². The van der Waals surface area contributed by atoms with Crippen LogP contribution in [-0.2, 0) is 4.74 Å². The van der Waals surface area contributed by atoms with Crippen molar-refractivity contribution < 1.29 is 18.3 Å². The van der Waals surface area contributed by atoms with Crippen molar-refractivity contribution in [1.29, 1.82) is 0 Å². The summed E-state index contributed by atoms with van der Waals surface area (Å²) >= 11 is 0. The Bertz CT molecular complexity index is 696. The van der Waals surface area contributed by atoms with Gasteiger partial charge in [0.1, 0.15) is 11.6 Å². The summed E-state index contributed by atoms with van der Waals surface area (Å²) in [5.41, 5.74) is -0.000514. The predicted molar refractivity (Wildman–Crippen MR) is 86.3 cm³/mol. The first kappa shape index (κ1) is 16.9. The minimum atomic E-state index is -0.455. The Balaban J connectivity index is 1.73. The van der Waals surface area contributed by atoms with Gasteiger partial charge in [0.25, 0.3) is 5.89 Å². The van der Waals surface area contributed by atoms with E-state index < -0.39 is 6.10 Å². The number of aromatic nitrogens is 2. The number of nitrogens with zero attached hydrogens (tertiary/aromatic N) is 2. The highest BCUT2D eigenvalue weighted by Gasteiger charge is 2.41. The van der Waals surface area contributed by atoms with E-state index in [4.69, 9.17) is 13.9 Å². The maximum Gasteiger partial charge on any atom is 0.256 e. The van der Waals surface area contributed by atoms with Crippen LogP contribution in [0, 0.1) is 11.2 Å². The third-order valence-electron chi connectivity index (χ3n) is 4.18. The van der Waals surface area contributed by atoms with Crippen LogP contribution in [0.1, 0.15) is 57.9 Å². The molecular formula is C18H23FN2O3. The third kappa shape index (κ3) is 3.59. The van der Waals surface area contributed by atoms with Gasteiger partial charge in [0, 0.05) is 12.7 Å². The molecule has 2 heterocycles. The van der Waals surface area contributed by atoms with E-state index in [9.17, 15) is 4.39 Å². The predicted octanol–water partition coefficient (Wildman–Crippen LogP) is 4.27. The molecule has 0 unspecified atom stereocenters. The molecule has 6 heteroatoms. The van der Waals surface area contributed by atoms with Crippen molar-refractivity contribution in [3.8, 4) is 5.75 Å². The van der Waals surface area contributed by atoms with Crippen molar-refractivity contribution in [2.75, 3.05) is 6.61 Å². The van der Waals surface area contributed by atoms with Crippen molar-refractivity contribution in [3.63, 3.8) is 0 Å². The Labute approximate surface area is 141 Å². The molecule has 0 spiro atoms. The first-order valence-corrected chi connectivity index (χ1v) is 8.21. The molecule has 0 amide bonds. The smallest absolute Gasteiger partial charge is 0.256 e. The molecule has 0 radical (unpaired) electrons. The van der Waals surface area contributed by atoms with Gasteiger partial charge in [-0.3, -0.25) is 0 Å². The molecule has 0 N–H and O–H groups in total. The van der Waals surface area contributed by atoms with Crippen LogP contribution in [0.3, 0.4) is 0 Å². The average Bonchev–Trinajstić information content (AvgIpc) is 3.15. The first-order chi connectivity index (χ1) is 11.3. The minimum Gasteiger partial charge on any atom is -0.481 e. The fourth-order valence-electron chi connectivity index (χ4n) is 3.05. The van der Waals surface area contributed by atoms with Crippen LogP contribution >= 0.6 is 0 Å². The molecular weight excluding hydrogens is 311 g/mol. The van der Waals surface area contributed by atoms with E-state index in [1.54, 1.807) is 19.1 Å². The van der Waals surface area contributed by atoms with Crippen LogP contribution in [-0.4, -0.2) is 22.9 Å². The molecule has 130 valence electrons. The van der Waals surface area contributed by atoms with Gasteiger partial charge in [-0.1, -0.05) is 26.8 Å². The lowest BCUT2D eigenvalue weighted by molar-refractivity contribution is 0.0167. The molecule has 3 atom stereocenters.